The number of nitrogens with one attached hydrogen (secondary N) is 1. The fourth-order valence-electron chi connectivity index (χ4n) is 1.81. The van der Waals surface area contributed by atoms with E-state index in [1.165, 1.54) is 0 Å². The Kier molecular flexibility index (Phi) is 4.36. The van der Waals surface area contributed by atoms with Gasteiger partial charge in [-0.25, -0.2) is 8.42 Å². The van der Waals surface area contributed by atoms with Crippen molar-refractivity contribution in [2.75, 3.05) is 11.5 Å². The number of hydrogen-bond donors (Lipinski definition) is 1. The summed E-state index contributed by atoms with van der Waals surface area (Å²) in [6.07, 6.45) is 6.76. The van der Waals surface area contributed by atoms with E-state index < -0.39 is 9.84 Å². The van der Waals surface area contributed by atoms with Gasteiger partial charge in [-0.05, 0) is 18.8 Å². The van der Waals surface area contributed by atoms with Crippen LogP contribution in [0.4, 0.5) is 0 Å². The zero-order chi connectivity index (χ0) is 12.2. The molecule has 1 fully saturated rings. The Bertz CT molecular complexity index is 394. The molecule has 0 aliphatic carbocycles. The van der Waals surface area contributed by atoms with Gasteiger partial charge in [-0.15, -0.1) is 6.42 Å². The third-order valence-corrected chi connectivity index (χ3v) is 4.58. The number of rotatable bonds is 4. The minimum absolute atomic E-state index is 0.0414. The van der Waals surface area contributed by atoms with Gasteiger partial charge in [0, 0.05) is 6.42 Å². The van der Waals surface area contributed by atoms with Gasteiger partial charge in [0.05, 0.1) is 17.5 Å². The van der Waals surface area contributed by atoms with Crippen LogP contribution in [0.15, 0.2) is 0 Å². The predicted octanol–water partition coefficient (Wildman–Crippen LogP) is 0.339. The number of hydrogen-bond acceptors (Lipinski definition) is 3. The molecule has 4 nitrogen and oxygen atoms in total. The van der Waals surface area contributed by atoms with Crippen molar-refractivity contribution in [3.05, 3.63) is 0 Å². The van der Waals surface area contributed by atoms with Crippen LogP contribution in [0.3, 0.4) is 0 Å². The zero-order valence-electron chi connectivity index (χ0n) is 9.40. The number of terminal acetylenes is 1. The number of sulfone groups is 1. The van der Waals surface area contributed by atoms with E-state index in [0.29, 0.717) is 12.8 Å². The van der Waals surface area contributed by atoms with Gasteiger partial charge in [-0.1, -0.05) is 12.8 Å². The summed E-state index contributed by atoms with van der Waals surface area (Å²) >= 11 is 0. The number of amides is 1. The number of carbonyl (C=O) groups excluding carboxylic acids is 1. The fourth-order valence-corrected chi connectivity index (χ4v) is 3.67. The van der Waals surface area contributed by atoms with Crippen molar-refractivity contribution in [1.82, 2.24) is 5.32 Å². The molecule has 5 heteroatoms. The van der Waals surface area contributed by atoms with Gasteiger partial charge >= 0.3 is 0 Å². The molecule has 0 radical (unpaired) electrons. The zero-order valence-corrected chi connectivity index (χ0v) is 10.2. The molecule has 2 unspecified atom stereocenters. The van der Waals surface area contributed by atoms with Gasteiger partial charge in [0.1, 0.15) is 0 Å². The van der Waals surface area contributed by atoms with E-state index in [-0.39, 0.29) is 35.8 Å². The van der Waals surface area contributed by atoms with E-state index in [1.807, 2.05) is 6.92 Å². The minimum atomic E-state index is -2.90. The summed E-state index contributed by atoms with van der Waals surface area (Å²) in [6, 6.07) is -0.245. The summed E-state index contributed by atoms with van der Waals surface area (Å²) < 4.78 is 22.4. The maximum Gasteiger partial charge on any atom is 0.221 e. The summed E-state index contributed by atoms with van der Waals surface area (Å²) in [6.45, 7) is 1.89. The number of carbonyl (C=O) groups is 1. The van der Waals surface area contributed by atoms with E-state index in [4.69, 9.17) is 6.42 Å². The lowest BCUT2D eigenvalue weighted by molar-refractivity contribution is -0.122. The molecule has 1 N–H and O–H groups in total. The SMILES string of the molecule is C#CC(CC)NC(=O)CC1CCS(=O)(=O)C1. The molecule has 0 saturated carbocycles. The molecule has 1 aliphatic heterocycles. The monoisotopic (exact) mass is 243 g/mol. The summed E-state index contributed by atoms with van der Waals surface area (Å²) in [7, 11) is -2.90. The van der Waals surface area contributed by atoms with Crippen molar-refractivity contribution in [2.45, 2.75) is 32.2 Å². The van der Waals surface area contributed by atoms with E-state index >= 15 is 0 Å². The van der Waals surface area contributed by atoms with Crippen LogP contribution in [0, 0.1) is 18.3 Å². The molecule has 2 atom stereocenters. The topological polar surface area (TPSA) is 63.2 Å². The van der Waals surface area contributed by atoms with Crippen LogP contribution >= 0.6 is 0 Å². The van der Waals surface area contributed by atoms with Gasteiger partial charge in [0.15, 0.2) is 9.84 Å². The maximum absolute atomic E-state index is 11.5. The van der Waals surface area contributed by atoms with Gasteiger partial charge in [-0.2, -0.15) is 0 Å². The van der Waals surface area contributed by atoms with Crippen LogP contribution in [0.1, 0.15) is 26.2 Å². The summed E-state index contributed by atoms with van der Waals surface area (Å²) in [5.41, 5.74) is 0. The molecule has 16 heavy (non-hydrogen) atoms. The third-order valence-electron chi connectivity index (χ3n) is 2.75. The molecule has 0 aromatic rings. The molecule has 0 aromatic carbocycles. The normalized spacial score (nSPS) is 24.6. The Balaban J connectivity index is 2.39. The van der Waals surface area contributed by atoms with Crippen molar-refractivity contribution < 1.29 is 13.2 Å². The van der Waals surface area contributed by atoms with Gasteiger partial charge < -0.3 is 5.32 Å². The molecule has 1 heterocycles. The highest BCUT2D eigenvalue weighted by atomic mass is 32.2. The average Bonchev–Trinajstić information content (AvgIpc) is 2.54. The van der Waals surface area contributed by atoms with Crippen LogP contribution in [-0.4, -0.2) is 31.9 Å². The van der Waals surface area contributed by atoms with Crippen LogP contribution in [0.5, 0.6) is 0 Å². The Morgan fingerprint density at radius 3 is 2.75 bits per heavy atom. The molecular weight excluding hydrogens is 226 g/mol. The van der Waals surface area contributed by atoms with E-state index in [9.17, 15) is 13.2 Å². The first-order valence-corrected chi connectivity index (χ1v) is 7.25. The summed E-state index contributed by atoms with van der Waals surface area (Å²) in [5, 5.41) is 2.70. The second kappa shape index (κ2) is 5.35. The smallest absolute Gasteiger partial charge is 0.221 e. The molecule has 0 spiro atoms. The van der Waals surface area contributed by atoms with E-state index in [2.05, 4.69) is 11.2 Å². The maximum atomic E-state index is 11.5. The molecule has 0 bridgehead atoms. The van der Waals surface area contributed by atoms with Crippen molar-refractivity contribution >= 4 is 15.7 Å². The molecule has 1 aliphatic rings. The van der Waals surface area contributed by atoms with Crippen LogP contribution in [0.2, 0.25) is 0 Å². The first kappa shape index (κ1) is 13.0. The van der Waals surface area contributed by atoms with Crippen LogP contribution in [-0.2, 0) is 14.6 Å². The van der Waals surface area contributed by atoms with Gasteiger partial charge in [0.25, 0.3) is 0 Å². The quantitative estimate of drug-likeness (QED) is 0.724. The summed E-state index contributed by atoms with van der Waals surface area (Å²) in [5.74, 6) is 2.62. The van der Waals surface area contributed by atoms with Crippen molar-refractivity contribution in [2.24, 2.45) is 5.92 Å². The van der Waals surface area contributed by atoms with E-state index in [1.54, 1.807) is 0 Å². The third kappa shape index (κ3) is 3.86. The molecule has 1 saturated heterocycles. The predicted molar refractivity (Wildman–Crippen MR) is 62.4 cm³/mol. The second-order valence-electron chi connectivity index (χ2n) is 4.17. The Morgan fingerprint density at radius 2 is 2.31 bits per heavy atom. The largest absolute Gasteiger partial charge is 0.342 e. The van der Waals surface area contributed by atoms with Crippen molar-refractivity contribution in [3.8, 4) is 12.3 Å². The molecule has 1 amide bonds. The first-order valence-electron chi connectivity index (χ1n) is 5.42. The summed E-state index contributed by atoms with van der Waals surface area (Å²) in [4.78, 5) is 11.5. The van der Waals surface area contributed by atoms with Crippen LogP contribution in [0.25, 0.3) is 0 Å². The second-order valence-corrected chi connectivity index (χ2v) is 6.40. The van der Waals surface area contributed by atoms with Crippen LogP contribution < -0.4 is 5.32 Å². The van der Waals surface area contributed by atoms with Gasteiger partial charge in [0.2, 0.25) is 5.91 Å². The lowest BCUT2D eigenvalue weighted by Crippen LogP contribution is -2.34. The Morgan fingerprint density at radius 1 is 1.62 bits per heavy atom. The molecule has 1 rings (SSSR count). The van der Waals surface area contributed by atoms with Gasteiger partial charge in [-0.3, -0.25) is 4.79 Å². The molecular formula is C11H17NO3S. The first-order chi connectivity index (χ1) is 7.46. The highest BCUT2D eigenvalue weighted by molar-refractivity contribution is 7.91. The highest BCUT2D eigenvalue weighted by Crippen LogP contribution is 2.21. The Labute approximate surface area is 96.7 Å². The Hall–Kier alpha value is -1.02. The lowest BCUT2D eigenvalue weighted by Gasteiger charge is -2.12. The average molecular weight is 243 g/mol. The molecule has 90 valence electrons. The molecule has 0 aromatic heterocycles. The highest BCUT2D eigenvalue weighted by Gasteiger charge is 2.29. The van der Waals surface area contributed by atoms with E-state index in [0.717, 1.165) is 0 Å². The lowest BCUT2D eigenvalue weighted by atomic mass is 10.0. The van der Waals surface area contributed by atoms with Crippen molar-refractivity contribution in [3.63, 3.8) is 0 Å². The standard InChI is InChI=1S/C11H17NO3S/c1-3-10(4-2)12-11(13)7-9-5-6-16(14,15)8-9/h1,9-10H,4-8H2,2H3,(H,12,13). The van der Waals surface area contributed by atoms with Crippen molar-refractivity contribution in [1.29, 1.82) is 0 Å². The fraction of sp³-hybridized carbons (Fsp3) is 0.727. The minimum Gasteiger partial charge on any atom is -0.342 e.